The van der Waals surface area contributed by atoms with Crippen LogP contribution in [-0.4, -0.2) is 26.1 Å². The van der Waals surface area contributed by atoms with Crippen molar-refractivity contribution in [2.24, 2.45) is 0 Å². The molecule has 1 aliphatic rings. The maximum atomic E-state index is 9.55. The highest BCUT2D eigenvalue weighted by molar-refractivity contribution is 6.33. The number of halogens is 1. The monoisotopic (exact) mass is 381 g/mol. The van der Waals surface area contributed by atoms with Gasteiger partial charge in [-0.2, -0.15) is 4.98 Å². The molecule has 1 aromatic carbocycles. The van der Waals surface area contributed by atoms with E-state index in [1.54, 1.807) is 24.5 Å². The van der Waals surface area contributed by atoms with Crippen LogP contribution in [0.5, 0.6) is 5.75 Å². The fraction of sp³-hybridized carbons (Fsp3) is 0.250. The van der Waals surface area contributed by atoms with E-state index >= 15 is 0 Å². The summed E-state index contributed by atoms with van der Waals surface area (Å²) in [5.74, 6) is 1.32. The minimum atomic E-state index is 0.118. The SMILES string of the molecule is Oc1ccc(Nc2cc(-c3cccnc3)nc(NC3CCCC3)n2)c(Cl)c1. The van der Waals surface area contributed by atoms with E-state index in [4.69, 9.17) is 11.6 Å². The minimum absolute atomic E-state index is 0.118. The van der Waals surface area contributed by atoms with Crippen LogP contribution in [0.2, 0.25) is 5.02 Å². The predicted octanol–water partition coefficient (Wildman–Crippen LogP) is 5.00. The van der Waals surface area contributed by atoms with E-state index in [0.29, 0.717) is 28.5 Å². The largest absolute Gasteiger partial charge is 0.508 e. The summed E-state index contributed by atoms with van der Waals surface area (Å²) < 4.78 is 0. The summed E-state index contributed by atoms with van der Waals surface area (Å²) in [6.07, 6.45) is 8.24. The first-order valence-corrected chi connectivity index (χ1v) is 9.37. The third-order valence-corrected chi connectivity index (χ3v) is 4.90. The van der Waals surface area contributed by atoms with Crippen molar-refractivity contribution in [3.8, 4) is 17.0 Å². The van der Waals surface area contributed by atoms with Crippen LogP contribution >= 0.6 is 11.6 Å². The van der Waals surface area contributed by atoms with Gasteiger partial charge in [0.1, 0.15) is 11.6 Å². The van der Waals surface area contributed by atoms with Crippen molar-refractivity contribution in [3.05, 3.63) is 53.8 Å². The lowest BCUT2D eigenvalue weighted by Gasteiger charge is -2.15. The Morgan fingerprint density at radius 3 is 2.67 bits per heavy atom. The predicted molar refractivity (Wildman–Crippen MR) is 108 cm³/mol. The number of phenolic OH excluding ortho intramolecular Hbond substituents is 1. The van der Waals surface area contributed by atoms with Crippen LogP contribution in [0, 0.1) is 0 Å². The van der Waals surface area contributed by atoms with Gasteiger partial charge < -0.3 is 15.7 Å². The molecule has 0 unspecified atom stereocenters. The summed E-state index contributed by atoms with van der Waals surface area (Å²) in [5.41, 5.74) is 2.35. The molecule has 6 nitrogen and oxygen atoms in total. The first-order chi connectivity index (χ1) is 13.2. The average molecular weight is 382 g/mol. The fourth-order valence-corrected chi connectivity index (χ4v) is 3.46. The van der Waals surface area contributed by atoms with Crippen LogP contribution in [0.1, 0.15) is 25.7 Å². The van der Waals surface area contributed by atoms with E-state index in [1.807, 2.05) is 18.2 Å². The summed E-state index contributed by atoms with van der Waals surface area (Å²) in [6.45, 7) is 0. The van der Waals surface area contributed by atoms with Crippen molar-refractivity contribution in [1.82, 2.24) is 15.0 Å². The van der Waals surface area contributed by atoms with Gasteiger partial charge in [0.15, 0.2) is 0 Å². The van der Waals surface area contributed by atoms with E-state index in [1.165, 1.54) is 18.9 Å². The van der Waals surface area contributed by atoms with E-state index in [2.05, 4.69) is 25.6 Å². The van der Waals surface area contributed by atoms with Crippen LogP contribution in [-0.2, 0) is 0 Å². The van der Waals surface area contributed by atoms with Crippen molar-refractivity contribution in [2.45, 2.75) is 31.7 Å². The lowest BCUT2D eigenvalue weighted by atomic mass is 10.2. The highest BCUT2D eigenvalue weighted by Gasteiger charge is 2.17. The second-order valence-corrected chi connectivity index (χ2v) is 7.03. The zero-order chi connectivity index (χ0) is 18.6. The number of hydrogen-bond donors (Lipinski definition) is 3. The molecule has 0 bridgehead atoms. The molecule has 0 aliphatic heterocycles. The molecule has 0 amide bonds. The quantitative estimate of drug-likeness (QED) is 0.540. The number of pyridine rings is 1. The van der Waals surface area contributed by atoms with Gasteiger partial charge in [0.05, 0.1) is 16.4 Å². The van der Waals surface area contributed by atoms with Gasteiger partial charge in [-0.05, 0) is 37.1 Å². The highest BCUT2D eigenvalue weighted by atomic mass is 35.5. The molecule has 2 heterocycles. The Hall–Kier alpha value is -2.86. The third-order valence-electron chi connectivity index (χ3n) is 4.59. The molecule has 3 N–H and O–H groups in total. The van der Waals surface area contributed by atoms with Gasteiger partial charge >= 0.3 is 0 Å². The van der Waals surface area contributed by atoms with Gasteiger partial charge in [0, 0.05) is 36.1 Å². The smallest absolute Gasteiger partial charge is 0.225 e. The Labute approximate surface area is 162 Å². The molecule has 0 saturated heterocycles. The van der Waals surface area contributed by atoms with Crippen LogP contribution in [0.25, 0.3) is 11.3 Å². The van der Waals surface area contributed by atoms with Crippen LogP contribution < -0.4 is 10.6 Å². The molecule has 1 saturated carbocycles. The molecule has 1 fully saturated rings. The number of benzene rings is 1. The molecule has 27 heavy (non-hydrogen) atoms. The standard InChI is InChI=1S/C20H20ClN5O/c21-16-10-15(27)7-8-17(16)24-19-11-18(13-4-3-9-22-12-13)25-20(26-19)23-14-5-1-2-6-14/h3-4,7-12,14,27H,1-2,5-6H2,(H2,23,24,25,26). The molecule has 138 valence electrons. The zero-order valence-corrected chi connectivity index (χ0v) is 15.4. The molecule has 1 aliphatic carbocycles. The number of nitrogens with zero attached hydrogens (tertiary/aromatic N) is 3. The lowest BCUT2D eigenvalue weighted by Crippen LogP contribution is -2.17. The summed E-state index contributed by atoms with van der Waals surface area (Å²) in [6, 6.07) is 10.9. The van der Waals surface area contributed by atoms with E-state index < -0.39 is 0 Å². The molecule has 2 aromatic heterocycles. The molecule has 0 spiro atoms. The van der Waals surface area contributed by atoms with Crippen molar-refractivity contribution in [1.29, 1.82) is 0 Å². The second-order valence-electron chi connectivity index (χ2n) is 6.62. The van der Waals surface area contributed by atoms with Crippen LogP contribution in [0.3, 0.4) is 0 Å². The Bertz CT molecular complexity index is 929. The van der Waals surface area contributed by atoms with Gasteiger partial charge in [-0.15, -0.1) is 0 Å². The number of phenols is 1. The number of anilines is 3. The fourth-order valence-electron chi connectivity index (χ4n) is 3.23. The van der Waals surface area contributed by atoms with Gasteiger partial charge in [0.2, 0.25) is 5.95 Å². The number of nitrogens with one attached hydrogen (secondary N) is 2. The van der Waals surface area contributed by atoms with Crippen molar-refractivity contribution < 1.29 is 5.11 Å². The van der Waals surface area contributed by atoms with Crippen LogP contribution in [0.4, 0.5) is 17.5 Å². The van der Waals surface area contributed by atoms with Crippen molar-refractivity contribution in [2.75, 3.05) is 10.6 Å². The Morgan fingerprint density at radius 2 is 1.93 bits per heavy atom. The summed E-state index contributed by atoms with van der Waals surface area (Å²) in [5, 5.41) is 16.6. The zero-order valence-electron chi connectivity index (χ0n) is 14.7. The number of aromatic nitrogens is 3. The molecule has 0 radical (unpaired) electrons. The van der Waals surface area contributed by atoms with Crippen molar-refractivity contribution in [3.63, 3.8) is 0 Å². The number of hydrogen-bond acceptors (Lipinski definition) is 6. The Morgan fingerprint density at radius 1 is 1.07 bits per heavy atom. The lowest BCUT2D eigenvalue weighted by molar-refractivity contribution is 0.475. The average Bonchev–Trinajstić information content (AvgIpc) is 3.18. The first-order valence-electron chi connectivity index (χ1n) is 8.99. The first kappa shape index (κ1) is 17.5. The van der Waals surface area contributed by atoms with E-state index in [-0.39, 0.29) is 5.75 Å². The highest BCUT2D eigenvalue weighted by Crippen LogP contribution is 2.30. The summed E-state index contributed by atoms with van der Waals surface area (Å²) >= 11 is 6.22. The third kappa shape index (κ3) is 4.28. The van der Waals surface area contributed by atoms with Gasteiger partial charge in [-0.3, -0.25) is 4.98 Å². The normalized spacial score (nSPS) is 14.3. The van der Waals surface area contributed by atoms with Gasteiger partial charge in [-0.25, -0.2) is 4.98 Å². The Balaban J connectivity index is 1.68. The maximum absolute atomic E-state index is 9.55. The molecule has 7 heteroatoms. The van der Waals surface area contributed by atoms with E-state index in [9.17, 15) is 5.11 Å². The molecule has 0 atom stereocenters. The second kappa shape index (κ2) is 7.80. The molecule has 3 aromatic rings. The van der Waals surface area contributed by atoms with Crippen LogP contribution in [0.15, 0.2) is 48.8 Å². The van der Waals surface area contributed by atoms with Gasteiger partial charge in [0.25, 0.3) is 0 Å². The summed E-state index contributed by atoms with van der Waals surface area (Å²) in [7, 11) is 0. The van der Waals surface area contributed by atoms with Gasteiger partial charge in [-0.1, -0.05) is 24.4 Å². The molecule has 4 rings (SSSR count). The number of aromatic hydroxyl groups is 1. The van der Waals surface area contributed by atoms with Crippen molar-refractivity contribution >= 4 is 29.1 Å². The Kier molecular flexibility index (Phi) is 5.07. The van der Waals surface area contributed by atoms with E-state index in [0.717, 1.165) is 24.1 Å². The topological polar surface area (TPSA) is 83.0 Å². The molecular formula is C20H20ClN5O. The minimum Gasteiger partial charge on any atom is -0.508 e. The maximum Gasteiger partial charge on any atom is 0.225 e. The molecular weight excluding hydrogens is 362 g/mol. The number of rotatable bonds is 5. The summed E-state index contributed by atoms with van der Waals surface area (Å²) in [4.78, 5) is 13.5.